The van der Waals surface area contributed by atoms with Crippen molar-refractivity contribution >= 4 is 10.8 Å². The van der Waals surface area contributed by atoms with E-state index in [0.29, 0.717) is 5.92 Å². The summed E-state index contributed by atoms with van der Waals surface area (Å²) in [6, 6.07) is 7.92. The molecule has 0 amide bonds. The van der Waals surface area contributed by atoms with Gasteiger partial charge in [0.15, 0.2) is 0 Å². The van der Waals surface area contributed by atoms with E-state index in [0.717, 1.165) is 10.8 Å². The van der Waals surface area contributed by atoms with Crippen LogP contribution in [0.1, 0.15) is 25.3 Å². The lowest BCUT2D eigenvalue weighted by Gasteiger charge is -2.05. The molecule has 0 saturated heterocycles. The van der Waals surface area contributed by atoms with Gasteiger partial charge in [0.25, 0.3) is 5.56 Å². The number of aromatic nitrogens is 1. The Morgan fingerprint density at radius 3 is 2.71 bits per heavy atom. The minimum atomic E-state index is -0.0159. The lowest BCUT2D eigenvalue weighted by atomic mass is 10.0. The molecule has 0 fully saturated rings. The summed E-state index contributed by atoms with van der Waals surface area (Å²) < 4.78 is 0. The number of nitrogens with one attached hydrogen (secondary N) is 1. The maximum Gasteiger partial charge on any atom is 0.255 e. The SMILES string of the molecule is CC(C)c1ccc2c(=O)[nH]ccc2c1. The summed E-state index contributed by atoms with van der Waals surface area (Å²) >= 11 is 0. The molecule has 0 aliphatic heterocycles. The maximum absolute atomic E-state index is 11.4. The van der Waals surface area contributed by atoms with Crippen molar-refractivity contribution in [3.8, 4) is 0 Å². The average Bonchev–Trinajstić information content (AvgIpc) is 2.17. The minimum absolute atomic E-state index is 0.0159. The van der Waals surface area contributed by atoms with Gasteiger partial charge in [-0.25, -0.2) is 0 Å². The molecule has 1 aromatic heterocycles. The molecule has 72 valence electrons. The number of hydrogen-bond donors (Lipinski definition) is 1. The van der Waals surface area contributed by atoms with Crippen LogP contribution in [0.2, 0.25) is 0 Å². The van der Waals surface area contributed by atoms with Gasteiger partial charge in [-0.3, -0.25) is 4.79 Å². The van der Waals surface area contributed by atoms with Gasteiger partial charge in [-0.2, -0.15) is 0 Å². The zero-order valence-electron chi connectivity index (χ0n) is 8.37. The van der Waals surface area contributed by atoms with Gasteiger partial charge in [-0.1, -0.05) is 26.0 Å². The first kappa shape index (κ1) is 9.00. The van der Waals surface area contributed by atoms with Crippen molar-refractivity contribution in [1.29, 1.82) is 0 Å². The van der Waals surface area contributed by atoms with Crippen molar-refractivity contribution in [2.24, 2.45) is 0 Å². The summed E-state index contributed by atoms with van der Waals surface area (Å²) in [5.41, 5.74) is 1.25. The van der Waals surface area contributed by atoms with Crippen LogP contribution in [0.3, 0.4) is 0 Å². The summed E-state index contributed by atoms with van der Waals surface area (Å²) in [5.74, 6) is 0.499. The van der Waals surface area contributed by atoms with Crippen LogP contribution in [-0.4, -0.2) is 4.98 Å². The van der Waals surface area contributed by atoms with Gasteiger partial charge in [0.1, 0.15) is 0 Å². The number of fused-ring (bicyclic) bond motifs is 1. The number of pyridine rings is 1. The van der Waals surface area contributed by atoms with E-state index >= 15 is 0 Å². The van der Waals surface area contributed by atoms with Gasteiger partial charge < -0.3 is 4.98 Å². The zero-order valence-corrected chi connectivity index (χ0v) is 8.37. The van der Waals surface area contributed by atoms with Crippen LogP contribution in [0.4, 0.5) is 0 Å². The van der Waals surface area contributed by atoms with Crippen molar-refractivity contribution in [1.82, 2.24) is 4.98 Å². The molecule has 0 aliphatic carbocycles. The van der Waals surface area contributed by atoms with E-state index in [4.69, 9.17) is 0 Å². The van der Waals surface area contributed by atoms with E-state index < -0.39 is 0 Å². The molecule has 0 unspecified atom stereocenters. The van der Waals surface area contributed by atoms with Crippen LogP contribution in [0.5, 0.6) is 0 Å². The molecule has 0 atom stereocenters. The Balaban J connectivity index is 2.74. The average molecular weight is 187 g/mol. The summed E-state index contributed by atoms with van der Waals surface area (Å²) in [6.45, 7) is 4.29. The predicted molar refractivity (Wildman–Crippen MR) is 58.7 cm³/mol. The zero-order chi connectivity index (χ0) is 10.1. The quantitative estimate of drug-likeness (QED) is 0.731. The Hall–Kier alpha value is -1.57. The van der Waals surface area contributed by atoms with Crippen molar-refractivity contribution in [2.75, 3.05) is 0 Å². The molecule has 0 saturated carbocycles. The van der Waals surface area contributed by atoms with E-state index in [1.165, 1.54) is 5.56 Å². The fraction of sp³-hybridized carbons (Fsp3) is 0.250. The summed E-state index contributed by atoms with van der Waals surface area (Å²) in [6.07, 6.45) is 1.69. The van der Waals surface area contributed by atoms with Gasteiger partial charge in [-0.15, -0.1) is 0 Å². The molecule has 0 bridgehead atoms. The van der Waals surface area contributed by atoms with Crippen molar-refractivity contribution in [3.05, 3.63) is 46.4 Å². The first-order valence-electron chi connectivity index (χ1n) is 4.80. The fourth-order valence-electron chi connectivity index (χ4n) is 1.57. The van der Waals surface area contributed by atoms with E-state index in [2.05, 4.69) is 24.9 Å². The Kier molecular flexibility index (Phi) is 2.12. The molecular formula is C12H13NO. The van der Waals surface area contributed by atoms with Crippen molar-refractivity contribution < 1.29 is 0 Å². The van der Waals surface area contributed by atoms with Crippen LogP contribution in [0.25, 0.3) is 10.8 Å². The number of rotatable bonds is 1. The third-order valence-electron chi connectivity index (χ3n) is 2.46. The standard InChI is InChI=1S/C12H13NO/c1-8(2)9-3-4-11-10(7-9)5-6-13-12(11)14/h3-8H,1-2H3,(H,13,14). The molecule has 2 aromatic rings. The van der Waals surface area contributed by atoms with Gasteiger partial charge in [0.05, 0.1) is 0 Å². The first-order chi connectivity index (χ1) is 6.68. The molecular weight excluding hydrogens is 174 g/mol. The van der Waals surface area contributed by atoms with Crippen LogP contribution in [-0.2, 0) is 0 Å². The van der Waals surface area contributed by atoms with Crippen molar-refractivity contribution in [3.63, 3.8) is 0 Å². The molecule has 0 radical (unpaired) electrons. The summed E-state index contributed by atoms with van der Waals surface area (Å²) in [5, 5.41) is 1.77. The molecule has 1 aromatic carbocycles. The highest BCUT2D eigenvalue weighted by Gasteiger charge is 2.01. The van der Waals surface area contributed by atoms with E-state index in [1.807, 2.05) is 18.2 Å². The van der Waals surface area contributed by atoms with Crippen LogP contribution in [0, 0.1) is 0 Å². The largest absolute Gasteiger partial charge is 0.329 e. The summed E-state index contributed by atoms with van der Waals surface area (Å²) in [4.78, 5) is 14.1. The van der Waals surface area contributed by atoms with E-state index in [9.17, 15) is 4.79 Å². The number of H-pyrrole nitrogens is 1. The highest BCUT2D eigenvalue weighted by atomic mass is 16.1. The highest BCUT2D eigenvalue weighted by molar-refractivity contribution is 5.81. The molecule has 0 aliphatic rings. The first-order valence-corrected chi connectivity index (χ1v) is 4.80. The molecule has 2 nitrogen and oxygen atoms in total. The maximum atomic E-state index is 11.4. The molecule has 0 spiro atoms. The summed E-state index contributed by atoms with van der Waals surface area (Å²) in [7, 11) is 0. The fourth-order valence-corrected chi connectivity index (χ4v) is 1.57. The Morgan fingerprint density at radius 1 is 1.21 bits per heavy atom. The molecule has 1 heterocycles. The normalized spacial score (nSPS) is 11.1. The van der Waals surface area contributed by atoms with Crippen molar-refractivity contribution in [2.45, 2.75) is 19.8 Å². The van der Waals surface area contributed by atoms with Gasteiger partial charge >= 0.3 is 0 Å². The minimum Gasteiger partial charge on any atom is -0.329 e. The number of benzene rings is 1. The second kappa shape index (κ2) is 3.29. The van der Waals surface area contributed by atoms with Gasteiger partial charge in [-0.05, 0) is 29.0 Å². The van der Waals surface area contributed by atoms with Gasteiger partial charge in [0, 0.05) is 11.6 Å². The lowest BCUT2D eigenvalue weighted by Crippen LogP contribution is -2.04. The molecule has 1 N–H and O–H groups in total. The predicted octanol–water partition coefficient (Wildman–Crippen LogP) is 2.65. The molecule has 2 rings (SSSR count). The third kappa shape index (κ3) is 1.43. The molecule has 14 heavy (non-hydrogen) atoms. The molecule has 2 heteroatoms. The Bertz CT molecular complexity index is 511. The van der Waals surface area contributed by atoms with Crippen LogP contribution < -0.4 is 5.56 Å². The number of hydrogen-bond acceptors (Lipinski definition) is 1. The second-order valence-electron chi connectivity index (χ2n) is 3.81. The van der Waals surface area contributed by atoms with Gasteiger partial charge in [0.2, 0.25) is 0 Å². The van der Waals surface area contributed by atoms with Crippen LogP contribution >= 0.6 is 0 Å². The topological polar surface area (TPSA) is 32.9 Å². The van der Waals surface area contributed by atoms with E-state index in [1.54, 1.807) is 6.20 Å². The third-order valence-corrected chi connectivity index (χ3v) is 2.46. The lowest BCUT2D eigenvalue weighted by molar-refractivity contribution is 0.868. The monoisotopic (exact) mass is 187 g/mol. The Morgan fingerprint density at radius 2 is 2.00 bits per heavy atom. The highest BCUT2D eigenvalue weighted by Crippen LogP contribution is 2.18. The smallest absolute Gasteiger partial charge is 0.255 e. The number of aromatic amines is 1. The second-order valence-corrected chi connectivity index (χ2v) is 3.81. The van der Waals surface area contributed by atoms with E-state index in [-0.39, 0.29) is 5.56 Å². The van der Waals surface area contributed by atoms with Crippen LogP contribution in [0.15, 0.2) is 35.3 Å². The Labute approximate surface area is 82.6 Å².